The van der Waals surface area contributed by atoms with Crippen LogP contribution in [0.2, 0.25) is 5.02 Å². The number of nitrogens with two attached hydrogens (primary N) is 1. The maximum atomic E-state index is 13.6. The molecule has 0 aliphatic heterocycles. The smallest absolute Gasteiger partial charge is 0.183 e. The summed E-state index contributed by atoms with van der Waals surface area (Å²) in [5.74, 6) is -0.957. The van der Waals surface area contributed by atoms with Crippen LogP contribution in [0.25, 0.3) is 0 Å². The van der Waals surface area contributed by atoms with Crippen LogP contribution in [-0.2, 0) is 14.6 Å². The molecule has 134 valence electrons. The van der Waals surface area contributed by atoms with Gasteiger partial charge in [0.25, 0.3) is 0 Å². The van der Waals surface area contributed by atoms with Crippen LogP contribution in [0.1, 0.15) is 18.4 Å². The summed E-state index contributed by atoms with van der Waals surface area (Å²) in [6.07, 6.45) is 0. The highest BCUT2D eigenvalue weighted by atomic mass is 35.5. The molecule has 1 saturated carbocycles. The number of benzene rings is 2. The van der Waals surface area contributed by atoms with E-state index in [1.807, 2.05) is 6.92 Å². The highest BCUT2D eigenvalue weighted by molar-refractivity contribution is 7.92. The second-order valence-electron chi connectivity index (χ2n) is 6.20. The largest absolute Gasteiger partial charge is 0.380 e. The molecule has 2 aromatic carbocycles. The maximum Gasteiger partial charge on any atom is 0.183 e. The normalized spacial score (nSPS) is 25.8. The van der Waals surface area contributed by atoms with Gasteiger partial charge in [-0.3, -0.25) is 0 Å². The lowest BCUT2D eigenvalue weighted by atomic mass is 10.1. The van der Waals surface area contributed by atoms with E-state index < -0.39 is 32.4 Å². The topological polar surface area (TPSA) is 69.4 Å². The van der Waals surface area contributed by atoms with Gasteiger partial charge in [-0.05, 0) is 48.9 Å². The fraction of sp³-hybridized carbons (Fsp3) is 0.333. The van der Waals surface area contributed by atoms with Gasteiger partial charge in [0.2, 0.25) is 0 Å². The van der Waals surface area contributed by atoms with Crippen LogP contribution in [0.3, 0.4) is 0 Å². The van der Waals surface area contributed by atoms with Gasteiger partial charge in [-0.2, -0.15) is 0 Å². The third-order valence-corrected chi connectivity index (χ3v) is 7.10. The zero-order valence-corrected chi connectivity index (χ0v) is 15.2. The predicted octanol–water partition coefficient (Wildman–Crippen LogP) is 3.15. The number of hydrogen-bond acceptors (Lipinski definition) is 4. The lowest BCUT2D eigenvalue weighted by molar-refractivity contribution is 0.125. The van der Waals surface area contributed by atoms with Crippen LogP contribution in [0, 0.1) is 5.82 Å². The fourth-order valence-electron chi connectivity index (χ4n) is 3.30. The Hall–Kier alpha value is -1.47. The summed E-state index contributed by atoms with van der Waals surface area (Å²) in [4.78, 5) is 0.145. The van der Waals surface area contributed by atoms with E-state index in [1.165, 1.54) is 36.4 Å². The van der Waals surface area contributed by atoms with Crippen molar-refractivity contribution in [2.75, 3.05) is 13.2 Å². The zero-order valence-electron chi connectivity index (χ0n) is 13.7. The van der Waals surface area contributed by atoms with E-state index in [-0.39, 0.29) is 11.5 Å². The summed E-state index contributed by atoms with van der Waals surface area (Å²) in [6, 6.07) is 11.8. The summed E-state index contributed by atoms with van der Waals surface area (Å²) in [7, 11) is -3.72. The molecule has 1 aliphatic rings. The van der Waals surface area contributed by atoms with Crippen molar-refractivity contribution in [3.05, 3.63) is 64.9 Å². The Balaban J connectivity index is 2.01. The molecule has 0 bridgehead atoms. The lowest BCUT2D eigenvalue weighted by Gasteiger charge is -2.12. The van der Waals surface area contributed by atoms with Gasteiger partial charge in [-0.25, -0.2) is 12.8 Å². The molecule has 0 radical (unpaired) electrons. The van der Waals surface area contributed by atoms with E-state index in [1.54, 1.807) is 12.1 Å². The Morgan fingerprint density at radius 2 is 1.92 bits per heavy atom. The molecule has 0 saturated heterocycles. The van der Waals surface area contributed by atoms with Crippen LogP contribution in [-0.4, -0.2) is 32.4 Å². The molecule has 3 rings (SSSR count). The van der Waals surface area contributed by atoms with Crippen LogP contribution in [0.4, 0.5) is 4.39 Å². The number of rotatable bonds is 6. The molecule has 0 heterocycles. The minimum Gasteiger partial charge on any atom is -0.380 e. The fourth-order valence-corrected chi connectivity index (χ4v) is 5.71. The van der Waals surface area contributed by atoms with E-state index in [4.69, 9.17) is 22.1 Å². The predicted molar refractivity (Wildman–Crippen MR) is 95.0 cm³/mol. The first-order valence-electron chi connectivity index (χ1n) is 7.92. The Kier molecular flexibility index (Phi) is 4.90. The number of ether oxygens (including phenoxy) is 1. The summed E-state index contributed by atoms with van der Waals surface area (Å²) in [6.45, 7) is 2.32. The molecule has 0 aromatic heterocycles. The molecule has 1 fully saturated rings. The highest BCUT2D eigenvalue weighted by Crippen LogP contribution is 2.55. The highest BCUT2D eigenvalue weighted by Gasteiger charge is 2.69. The first-order chi connectivity index (χ1) is 11.8. The Labute approximate surface area is 151 Å². The quantitative estimate of drug-likeness (QED) is 0.831. The van der Waals surface area contributed by atoms with E-state index in [0.717, 1.165) is 0 Å². The molecule has 0 amide bonds. The first-order valence-corrected chi connectivity index (χ1v) is 9.84. The molecule has 25 heavy (non-hydrogen) atoms. The SMILES string of the molecule is CCOC[C@]1(N)[C@H](c2cccc(F)c2)[C@H]1S(=O)(=O)c1ccc(Cl)cc1. The molecular weight excluding hydrogens is 365 g/mol. The minimum atomic E-state index is -3.72. The molecule has 0 unspecified atom stereocenters. The molecule has 1 aliphatic carbocycles. The van der Waals surface area contributed by atoms with Crippen molar-refractivity contribution in [2.24, 2.45) is 5.73 Å². The Morgan fingerprint density at radius 1 is 1.24 bits per heavy atom. The van der Waals surface area contributed by atoms with Gasteiger partial charge < -0.3 is 10.5 Å². The molecule has 2 aromatic rings. The average molecular weight is 384 g/mol. The minimum absolute atomic E-state index is 0.0855. The molecule has 0 spiro atoms. The number of halogens is 2. The van der Waals surface area contributed by atoms with Crippen molar-refractivity contribution in [1.82, 2.24) is 0 Å². The molecule has 2 N–H and O–H groups in total. The summed E-state index contributed by atoms with van der Waals surface area (Å²) in [5, 5.41) is -0.431. The summed E-state index contributed by atoms with van der Waals surface area (Å²) >= 11 is 5.84. The van der Waals surface area contributed by atoms with Crippen LogP contribution >= 0.6 is 11.6 Å². The first kappa shape index (κ1) is 18.3. The average Bonchev–Trinajstić information content (AvgIpc) is 3.20. The van der Waals surface area contributed by atoms with Gasteiger partial charge in [-0.15, -0.1) is 0 Å². The Bertz CT molecular complexity index is 872. The summed E-state index contributed by atoms with van der Waals surface area (Å²) in [5.41, 5.74) is 5.87. The van der Waals surface area contributed by atoms with E-state index in [9.17, 15) is 12.8 Å². The van der Waals surface area contributed by atoms with Gasteiger partial charge in [-0.1, -0.05) is 23.7 Å². The van der Waals surface area contributed by atoms with Crippen molar-refractivity contribution in [3.63, 3.8) is 0 Å². The van der Waals surface area contributed by atoms with Gasteiger partial charge in [0, 0.05) is 17.5 Å². The number of sulfone groups is 1. The third kappa shape index (κ3) is 3.31. The van der Waals surface area contributed by atoms with Gasteiger partial charge >= 0.3 is 0 Å². The third-order valence-electron chi connectivity index (χ3n) is 4.54. The van der Waals surface area contributed by atoms with Crippen LogP contribution in [0.5, 0.6) is 0 Å². The van der Waals surface area contributed by atoms with E-state index >= 15 is 0 Å². The molecule has 4 nitrogen and oxygen atoms in total. The van der Waals surface area contributed by atoms with Gasteiger partial charge in [0.15, 0.2) is 9.84 Å². The van der Waals surface area contributed by atoms with E-state index in [2.05, 4.69) is 0 Å². The van der Waals surface area contributed by atoms with Crippen LogP contribution < -0.4 is 5.73 Å². The van der Waals surface area contributed by atoms with Gasteiger partial charge in [0.05, 0.1) is 22.3 Å². The molecular formula is C18H19ClFNO3S. The zero-order chi connectivity index (χ0) is 18.2. The van der Waals surface area contributed by atoms with Crippen molar-refractivity contribution in [1.29, 1.82) is 0 Å². The monoisotopic (exact) mass is 383 g/mol. The molecule has 3 atom stereocenters. The standard InChI is InChI=1S/C18H19ClFNO3S/c1-2-24-11-18(21)16(12-4-3-5-14(20)10-12)17(18)25(22,23)15-8-6-13(19)7-9-15/h3-10,16-17H,2,11,21H2,1H3/t16-,17-,18+/m1/s1. The second kappa shape index (κ2) is 6.68. The summed E-state index contributed by atoms with van der Waals surface area (Å²) < 4.78 is 45.2. The number of hydrogen-bond donors (Lipinski definition) is 1. The van der Waals surface area contributed by atoms with Gasteiger partial charge in [0.1, 0.15) is 5.82 Å². The van der Waals surface area contributed by atoms with Crippen molar-refractivity contribution < 1.29 is 17.5 Å². The maximum absolute atomic E-state index is 13.6. The molecule has 7 heteroatoms. The van der Waals surface area contributed by atoms with Crippen LogP contribution in [0.15, 0.2) is 53.4 Å². The second-order valence-corrected chi connectivity index (χ2v) is 8.71. The lowest BCUT2D eigenvalue weighted by Crippen LogP contribution is -2.36. The van der Waals surface area contributed by atoms with Crippen molar-refractivity contribution in [3.8, 4) is 0 Å². The van der Waals surface area contributed by atoms with Crippen molar-refractivity contribution >= 4 is 21.4 Å². The van der Waals surface area contributed by atoms with E-state index in [0.29, 0.717) is 17.2 Å². The van der Waals surface area contributed by atoms with Crippen molar-refractivity contribution in [2.45, 2.75) is 28.5 Å². The Morgan fingerprint density at radius 3 is 2.52 bits per heavy atom.